The molecule has 2 rings (SSSR count). The molecule has 0 saturated carbocycles. The molecule has 20 heavy (non-hydrogen) atoms. The Kier molecular flexibility index (Phi) is 5.35. The Morgan fingerprint density at radius 1 is 1.30 bits per heavy atom. The third-order valence-corrected chi connectivity index (χ3v) is 4.05. The molecule has 1 aliphatic heterocycles. The van der Waals surface area contributed by atoms with Crippen LogP contribution in [0.2, 0.25) is 0 Å². The van der Waals surface area contributed by atoms with E-state index in [1.807, 2.05) is 6.92 Å². The van der Waals surface area contributed by atoms with Gasteiger partial charge in [-0.25, -0.2) is 9.97 Å². The van der Waals surface area contributed by atoms with Gasteiger partial charge >= 0.3 is 0 Å². The van der Waals surface area contributed by atoms with Crippen molar-refractivity contribution in [2.75, 3.05) is 31.5 Å². The van der Waals surface area contributed by atoms with Crippen molar-refractivity contribution in [3.8, 4) is 0 Å². The zero-order valence-electron chi connectivity index (χ0n) is 13.3. The lowest BCUT2D eigenvalue weighted by atomic mass is 9.99. The van der Waals surface area contributed by atoms with Gasteiger partial charge in [0.15, 0.2) is 0 Å². The smallest absolute Gasteiger partial charge is 0.223 e. The van der Waals surface area contributed by atoms with Gasteiger partial charge in [-0.15, -0.1) is 0 Å². The highest BCUT2D eigenvalue weighted by atomic mass is 15.2. The van der Waals surface area contributed by atoms with Gasteiger partial charge in [0.05, 0.1) is 0 Å². The average molecular weight is 276 g/mol. The summed E-state index contributed by atoms with van der Waals surface area (Å²) in [5.41, 5.74) is 2.16. The van der Waals surface area contributed by atoms with Crippen LogP contribution in [0.4, 0.5) is 5.95 Å². The summed E-state index contributed by atoms with van der Waals surface area (Å²) in [5.74, 6) is 2.12. The summed E-state index contributed by atoms with van der Waals surface area (Å²) in [6.07, 6.45) is 2.66. The minimum atomic E-state index is 0.445. The molecule has 2 heterocycles. The zero-order chi connectivity index (χ0) is 14.5. The summed E-state index contributed by atoms with van der Waals surface area (Å²) < 4.78 is 0. The average Bonchev–Trinajstić information content (AvgIpc) is 2.40. The van der Waals surface area contributed by atoms with E-state index < -0.39 is 0 Å². The Morgan fingerprint density at radius 2 is 2.00 bits per heavy atom. The summed E-state index contributed by atoms with van der Waals surface area (Å²) in [4.78, 5) is 11.6. The second kappa shape index (κ2) is 7.02. The minimum Gasteiger partial charge on any atom is -0.353 e. The van der Waals surface area contributed by atoms with Crippen molar-refractivity contribution in [3.63, 3.8) is 0 Å². The second-order valence-electron chi connectivity index (χ2n) is 6.36. The van der Waals surface area contributed by atoms with Gasteiger partial charge in [-0.1, -0.05) is 20.8 Å². The van der Waals surface area contributed by atoms with Crippen LogP contribution >= 0.6 is 0 Å². The van der Waals surface area contributed by atoms with Gasteiger partial charge in [0, 0.05) is 24.5 Å². The summed E-state index contributed by atoms with van der Waals surface area (Å²) in [5, 5.41) is 3.38. The van der Waals surface area contributed by atoms with Crippen LogP contribution in [-0.2, 0) is 0 Å². The number of nitrogens with one attached hydrogen (secondary N) is 1. The maximum absolute atomic E-state index is 4.59. The van der Waals surface area contributed by atoms with Crippen molar-refractivity contribution < 1.29 is 0 Å². The maximum atomic E-state index is 4.59. The number of rotatable bonds is 5. The van der Waals surface area contributed by atoms with Crippen LogP contribution in [-0.4, -0.2) is 41.0 Å². The Bertz CT molecular complexity index is 422. The zero-order valence-corrected chi connectivity index (χ0v) is 13.3. The fourth-order valence-corrected chi connectivity index (χ4v) is 2.58. The highest BCUT2D eigenvalue weighted by Gasteiger charge is 2.15. The van der Waals surface area contributed by atoms with E-state index in [2.05, 4.69) is 47.0 Å². The molecule has 1 aromatic rings. The van der Waals surface area contributed by atoms with Crippen molar-refractivity contribution in [3.05, 3.63) is 17.5 Å². The van der Waals surface area contributed by atoms with E-state index in [1.54, 1.807) is 0 Å². The molecule has 112 valence electrons. The first-order valence-corrected chi connectivity index (χ1v) is 7.86. The number of likely N-dealkylation sites (tertiary alicyclic amines) is 1. The monoisotopic (exact) mass is 276 g/mol. The molecule has 4 heteroatoms. The number of aryl methyl sites for hydroxylation is 1. The maximum Gasteiger partial charge on any atom is 0.223 e. The first-order chi connectivity index (χ1) is 9.54. The summed E-state index contributed by atoms with van der Waals surface area (Å²) >= 11 is 0. The Hall–Kier alpha value is -1.16. The van der Waals surface area contributed by atoms with Crippen molar-refractivity contribution >= 4 is 5.95 Å². The van der Waals surface area contributed by atoms with Crippen LogP contribution in [0.15, 0.2) is 6.07 Å². The van der Waals surface area contributed by atoms with Crippen LogP contribution < -0.4 is 5.32 Å². The number of hydrogen-bond donors (Lipinski definition) is 1. The third kappa shape index (κ3) is 4.44. The van der Waals surface area contributed by atoms with E-state index >= 15 is 0 Å². The quantitative estimate of drug-likeness (QED) is 0.897. The predicted octanol–water partition coefficient (Wildman–Crippen LogP) is 3.05. The third-order valence-electron chi connectivity index (χ3n) is 4.05. The molecular formula is C16H28N4. The number of piperidine rings is 1. The lowest BCUT2D eigenvalue weighted by Crippen LogP contribution is -2.36. The van der Waals surface area contributed by atoms with Gasteiger partial charge in [-0.05, 0) is 50.8 Å². The van der Waals surface area contributed by atoms with E-state index in [0.717, 1.165) is 36.3 Å². The van der Waals surface area contributed by atoms with Crippen LogP contribution in [0.3, 0.4) is 0 Å². The molecule has 0 bridgehead atoms. The number of anilines is 1. The molecule has 0 atom stereocenters. The molecule has 4 nitrogen and oxygen atoms in total. The predicted molar refractivity (Wildman–Crippen MR) is 84.2 cm³/mol. The standard InChI is InChI=1S/C16H28N4/c1-12(2)15-11-14(4)18-16(19-15)17-7-10-20-8-5-13(3)6-9-20/h11-13H,5-10H2,1-4H3,(H,17,18,19). The van der Waals surface area contributed by atoms with Crippen molar-refractivity contribution in [2.45, 2.75) is 46.5 Å². The molecule has 0 aliphatic carbocycles. The summed E-state index contributed by atoms with van der Waals surface area (Å²) in [6.45, 7) is 13.2. The van der Waals surface area contributed by atoms with Crippen LogP contribution in [0.1, 0.15) is 50.9 Å². The lowest BCUT2D eigenvalue weighted by Gasteiger charge is -2.30. The summed E-state index contributed by atoms with van der Waals surface area (Å²) in [6, 6.07) is 2.07. The molecule has 1 fully saturated rings. The van der Waals surface area contributed by atoms with Crippen molar-refractivity contribution in [1.29, 1.82) is 0 Å². The fraction of sp³-hybridized carbons (Fsp3) is 0.750. The number of hydrogen-bond acceptors (Lipinski definition) is 4. The van der Waals surface area contributed by atoms with E-state index in [4.69, 9.17) is 0 Å². The summed E-state index contributed by atoms with van der Waals surface area (Å²) in [7, 11) is 0. The Balaban J connectivity index is 1.82. The fourth-order valence-electron chi connectivity index (χ4n) is 2.58. The van der Waals surface area contributed by atoms with Gasteiger partial charge < -0.3 is 10.2 Å². The van der Waals surface area contributed by atoms with Gasteiger partial charge in [0.2, 0.25) is 5.95 Å². The van der Waals surface area contributed by atoms with Gasteiger partial charge in [-0.2, -0.15) is 0 Å². The van der Waals surface area contributed by atoms with Gasteiger partial charge in [-0.3, -0.25) is 0 Å². The lowest BCUT2D eigenvalue weighted by molar-refractivity contribution is 0.199. The van der Waals surface area contributed by atoms with E-state index in [0.29, 0.717) is 5.92 Å². The molecule has 0 spiro atoms. The molecule has 1 aliphatic rings. The van der Waals surface area contributed by atoms with E-state index in [1.165, 1.54) is 25.9 Å². The van der Waals surface area contributed by atoms with Crippen molar-refractivity contribution in [1.82, 2.24) is 14.9 Å². The first kappa shape index (κ1) is 15.2. The molecule has 1 aromatic heterocycles. The molecule has 1 saturated heterocycles. The highest BCUT2D eigenvalue weighted by Crippen LogP contribution is 2.16. The Labute approximate surface area is 123 Å². The Morgan fingerprint density at radius 3 is 2.65 bits per heavy atom. The highest BCUT2D eigenvalue weighted by molar-refractivity contribution is 5.29. The largest absolute Gasteiger partial charge is 0.353 e. The minimum absolute atomic E-state index is 0.445. The van der Waals surface area contributed by atoms with Gasteiger partial charge in [0.1, 0.15) is 0 Å². The van der Waals surface area contributed by atoms with E-state index in [-0.39, 0.29) is 0 Å². The SMILES string of the molecule is Cc1cc(C(C)C)nc(NCCN2CCC(C)CC2)n1. The topological polar surface area (TPSA) is 41.1 Å². The molecule has 0 amide bonds. The normalized spacial score (nSPS) is 17.6. The second-order valence-corrected chi connectivity index (χ2v) is 6.36. The van der Waals surface area contributed by atoms with Crippen LogP contribution in [0, 0.1) is 12.8 Å². The molecular weight excluding hydrogens is 248 g/mol. The molecule has 1 N–H and O–H groups in total. The van der Waals surface area contributed by atoms with Crippen molar-refractivity contribution in [2.24, 2.45) is 5.92 Å². The molecule has 0 aromatic carbocycles. The number of aromatic nitrogens is 2. The van der Waals surface area contributed by atoms with Crippen LogP contribution in [0.25, 0.3) is 0 Å². The van der Waals surface area contributed by atoms with Crippen LogP contribution in [0.5, 0.6) is 0 Å². The molecule has 0 radical (unpaired) electrons. The van der Waals surface area contributed by atoms with E-state index in [9.17, 15) is 0 Å². The van der Waals surface area contributed by atoms with Gasteiger partial charge in [0.25, 0.3) is 0 Å². The first-order valence-electron chi connectivity index (χ1n) is 7.86. The molecule has 0 unspecified atom stereocenters. The number of nitrogens with zero attached hydrogens (tertiary/aromatic N) is 3.